The Morgan fingerprint density at radius 1 is 0.848 bits per heavy atom. The molecular formula is C23H25N5O5. The first-order chi connectivity index (χ1) is 15.7. The highest BCUT2D eigenvalue weighted by Gasteiger charge is 2.13. The summed E-state index contributed by atoms with van der Waals surface area (Å²) in [4.78, 5) is 66.3. The molecule has 0 aliphatic heterocycles. The van der Waals surface area contributed by atoms with Crippen molar-refractivity contribution in [3.8, 4) is 0 Å². The van der Waals surface area contributed by atoms with Crippen LogP contribution in [0.25, 0.3) is 6.08 Å². The molecule has 0 bridgehead atoms. The molecule has 0 radical (unpaired) electrons. The van der Waals surface area contributed by atoms with Crippen molar-refractivity contribution in [1.82, 2.24) is 24.0 Å². The van der Waals surface area contributed by atoms with Crippen LogP contribution in [-0.4, -0.2) is 43.0 Å². The zero-order valence-corrected chi connectivity index (χ0v) is 18.4. The molecule has 2 N–H and O–H groups in total. The molecule has 10 heteroatoms. The van der Waals surface area contributed by atoms with Crippen LogP contribution >= 0.6 is 0 Å². The number of nitrogens with one attached hydrogen (secondary N) is 2. The number of rotatable bonds is 8. The Balaban J connectivity index is 1.80. The minimum atomic E-state index is -0.565. The Kier molecular flexibility index (Phi) is 7.39. The van der Waals surface area contributed by atoms with E-state index in [1.54, 1.807) is 19.9 Å². The number of hydrogen-bond acceptors (Lipinski definition) is 5. The summed E-state index contributed by atoms with van der Waals surface area (Å²) in [6.07, 6.45) is 6.00. The van der Waals surface area contributed by atoms with E-state index in [0.29, 0.717) is 11.1 Å². The van der Waals surface area contributed by atoms with Gasteiger partial charge in [0.05, 0.1) is 0 Å². The first-order valence-corrected chi connectivity index (χ1v) is 10.4. The van der Waals surface area contributed by atoms with Crippen molar-refractivity contribution in [1.29, 1.82) is 0 Å². The fourth-order valence-electron chi connectivity index (χ4n) is 3.20. The van der Waals surface area contributed by atoms with Gasteiger partial charge in [-0.3, -0.25) is 33.5 Å². The number of carbonyl (C=O) groups excluding carboxylic acids is 1. The summed E-state index contributed by atoms with van der Waals surface area (Å²) in [7, 11) is 0. The van der Waals surface area contributed by atoms with Gasteiger partial charge in [0.15, 0.2) is 0 Å². The first kappa shape index (κ1) is 23.5. The van der Waals surface area contributed by atoms with Gasteiger partial charge in [0.2, 0.25) is 5.91 Å². The van der Waals surface area contributed by atoms with Gasteiger partial charge < -0.3 is 4.90 Å². The number of amides is 1. The summed E-state index contributed by atoms with van der Waals surface area (Å²) in [6.45, 7) is 3.82. The second-order valence-corrected chi connectivity index (χ2v) is 7.60. The molecule has 0 unspecified atom stereocenters. The number of carbonyl (C=O) groups is 1. The second kappa shape index (κ2) is 10.4. The lowest BCUT2D eigenvalue weighted by molar-refractivity contribution is -0.126. The second-order valence-electron chi connectivity index (χ2n) is 7.60. The van der Waals surface area contributed by atoms with Gasteiger partial charge in [-0.05, 0) is 25.5 Å². The Labute approximate surface area is 188 Å². The Hall–Kier alpha value is -4.21. The molecule has 1 amide bonds. The highest BCUT2D eigenvalue weighted by molar-refractivity contribution is 5.91. The lowest BCUT2D eigenvalue weighted by atomic mass is 10.2. The third kappa shape index (κ3) is 6.16. The van der Waals surface area contributed by atoms with Crippen LogP contribution in [0.1, 0.15) is 16.7 Å². The van der Waals surface area contributed by atoms with E-state index in [1.807, 2.05) is 30.3 Å². The molecule has 0 fully saturated rings. The maximum absolute atomic E-state index is 12.9. The van der Waals surface area contributed by atoms with Crippen LogP contribution < -0.4 is 22.5 Å². The molecule has 10 nitrogen and oxygen atoms in total. The minimum absolute atomic E-state index is 0.154. The molecule has 3 rings (SSSR count). The fourth-order valence-corrected chi connectivity index (χ4v) is 3.20. The van der Waals surface area contributed by atoms with Crippen molar-refractivity contribution >= 4 is 12.0 Å². The van der Waals surface area contributed by atoms with E-state index in [9.17, 15) is 24.0 Å². The van der Waals surface area contributed by atoms with Crippen molar-refractivity contribution in [2.45, 2.75) is 26.9 Å². The van der Waals surface area contributed by atoms with Crippen LogP contribution in [0.2, 0.25) is 0 Å². The lowest BCUT2D eigenvalue weighted by Crippen LogP contribution is -2.40. The largest absolute Gasteiger partial charge is 0.336 e. The number of hydrogen-bond donors (Lipinski definition) is 2. The first-order valence-electron chi connectivity index (χ1n) is 10.4. The van der Waals surface area contributed by atoms with Gasteiger partial charge in [0.25, 0.3) is 11.1 Å². The predicted octanol–water partition coefficient (Wildman–Crippen LogP) is 0.246. The molecule has 0 saturated carbocycles. The summed E-state index contributed by atoms with van der Waals surface area (Å²) in [5.74, 6) is -0.303. The average molecular weight is 451 g/mol. The molecule has 0 saturated heterocycles. The topological polar surface area (TPSA) is 130 Å². The van der Waals surface area contributed by atoms with Gasteiger partial charge in [0, 0.05) is 55.8 Å². The maximum Gasteiger partial charge on any atom is 0.328 e. The van der Waals surface area contributed by atoms with Crippen LogP contribution in [0, 0.1) is 13.8 Å². The SMILES string of the molecule is Cc1cn(CCN(CCn2cc(C)c(=O)[nH]c2=O)C(=O)/C=C/c2ccccc2)c(=O)[nH]c1=O. The molecule has 2 heterocycles. The van der Waals surface area contributed by atoms with Crippen LogP contribution in [0.4, 0.5) is 0 Å². The molecule has 33 heavy (non-hydrogen) atoms. The number of aryl methyl sites for hydroxylation is 2. The zero-order valence-electron chi connectivity index (χ0n) is 18.4. The van der Waals surface area contributed by atoms with E-state index >= 15 is 0 Å². The summed E-state index contributed by atoms with van der Waals surface area (Å²) >= 11 is 0. The molecule has 0 atom stereocenters. The normalized spacial score (nSPS) is 11.1. The summed E-state index contributed by atoms with van der Waals surface area (Å²) < 4.78 is 2.66. The summed E-state index contributed by atoms with van der Waals surface area (Å²) in [5.41, 5.74) is -0.426. The van der Waals surface area contributed by atoms with Gasteiger partial charge in [-0.25, -0.2) is 9.59 Å². The minimum Gasteiger partial charge on any atom is -0.336 e. The molecule has 1 aromatic carbocycles. The van der Waals surface area contributed by atoms with E-state index < -0.39 is 22.5 Å². The predicted molar refractivity (Wildman–Crippen MR) is 124 cm³/mol. The lowest BCUT2D eigenvalue weighted by Gasteiger charge is -2.22. The smallest absolute Gasteiger partial charge is 0.328 e. The van der Waals surface area contributed by atoms with Crippen molar-refractivity contribution < 1.29 is 4.79 Å². The van der Waals surface area contributed by atoms with Crippen LogP contribution in [0.15, 0.2) is 68.0 Å². The maximum atomic E-state index is 12.9. The summed E-state index contributed by atoms with van der Waals surface area (Å²) in [5, 5.41) is 0. The van der Waals surface area contributed by atoms with Crippen molar-refractivity contribution in [2.24, 2.45) is 0 Å². The van der Waals surface area contributed by atoms with Crippen LogP contribution in [0.3, 0.4) is 0 Å². The van der Waals surface area contributed by atoms with E-state index in [4.69, 9.17) is 0 Å². The molecule has 172 valence electrons. The number of H-pyrrole nitrogens is 2. The van der Waals surface area contributed by atoms with E-state index in [2.05, 4.69) is 9.97 Å². The van der Waals surface area contributed by atoms with Gasteiger partial charge >= 0.3 is 11.4 Å². The van der Waals surface area contributed by atoms with Crippen LogP contribution in [-0.2, 0) is 17.9 Å². The standard InChI is InChI=1S/C23H25N5O5/c1-16-14-27(22(32)24-20(16)30)12-10-26(19(29)9-8-18-6-4-3-5-7-18)11-13-28-15-17(2)21(31)25-23(28)33/h3-9,14-15H,10-13H2,1-2H3,(H,24,30,32)(H,25,31,33)/b9-8+. The van der Waals surface area contributed by atoms with Crippen molar-refractivity contribution in [2.75, 3.05) is 13.1 Å². The number of benzene rings is 1. The Bertz CT molecular complexity index is 1320. The average Bonchev–Trinajstić information content (AvgIpc) is 2.79. The highest BCUT2D eigenvalue weighted by Crippen LogP contribution is 2.03. The molecular weight excluding hydrogens is 426 g/mol. The Morgan fingerprint density at radius 3 is 1.82 bits per heavy atom. The Morgan fingerprint density at radius 2 is 1.33 bits per heavy atom. The fraction of sp³-hybridized carbons (Fsp3) is 0.261. The van der Waals surface area contributed by atoms with Gasteiger partial charge in [-0.2, -0.15) is 0 Å². The number of aromatic amines is 2. The van der Waals surface area contributed by atoms with Gasteiger partial charge in [-0.15, -0.1) is 0 Å². The van der Waals surface area contributed by atoms with E-state index in [1.165, 1.54) is 32.5 Å². The molecule has 2 aromatic heterocycles. The zero-order chi connectivity index (χ0) is 24.0. The van der Waals surface area contributed by atoms with Gasteiger partial charge in [-0.1, -0.05) is 30.3 Å². The third-order valence-electron chi connectivity index (χ3n) is 5.13. The van der Waals surface area contributed by atoms with E-state index in [0.717, 1.165) is 5.56 Å². The number of aromatic nitrogens is 4. The molecule has 0 aliphatic rings. The van der Waals surface area contributed by atoms with Gasteiger partial charge in [0.1, 0.15) is 0 Å². The monoisotopic (exact) mass is 451 g/mol. The highest BCUT2D eigenvalue weighted by atomic mass is 16.2. The van der Waals surface area contributed by atoms with Crippen molar-refractivity contribution in [3.63, 3.8) is 0 Å². The molecule has 3 aromatic rings. The van der Waals surface area contributed by atoms with Crippen LogP contribution in [0.5, 0.6) is 0 Å². The third-order valence-corrected chi connectivity index (χ3v) is 5.13. The number of nitrogens with zero attached hydrogens (tertiary/aromatic N) is 3. The summed E-state index contributed by atoms with van der Waals surface area (Å²) in [6, 6.07) is 9.31. The van der Waals surface area contributed by atoms with Crippen molar-refractivity contribution in [3.05, 3.63) is 107 Å². The van der Waals surface area contributed by atoms with E-state index in [-0.39, 0.29) is 32.1 Å². The molecule has 0 spiro atoms. The quantitative estimate of drug-likeness (QED) is 0.474. The molecule has 0 aliphatic carbocycles.